The van der Waals surface area contributed by atoms with E-state index in [9.17, 15) is 9.18 Å². The van der Waals surface area contributed by atoms with Crippen LogP contribution < -0.4 is 4.74 Å². The minimum atomic E-state index is -0.313. The van der Waals surface area contributed by atoms with E-state index in [0.717, 1.165) is 32.5 Å². The topological polar surface area (TPSA) is 45.7 Å². The zero-order chi connectivity index (χ0) is 21.1. The highest BCUT2D eigenvalue weighted by Crippen LogP contribution is 2.32. The van der Waals surface area contributed by atoms with E-state index in [1.165, 1.54) is 25.0 Å². The third-order valence-corrected chi connectivity index (χ3v) is 6.32. The fraction of sp³-hybridized carbons (Fsp3) is 0.500. The van der Waals surface area contributed by atoms with Gasteiger partial charge < -0.3 is 14.5 Å². The van der Waals surface area contributed by atoms with Gasteiger partial charge in [-0.1, -0.05) is 0 Å². The maximum atomic E-state index is 13.3. The molecule has 0 bridgehead atoms. The van der Waals surface area contributed by atoms with Gasteiger partial charge in [0.15, 0.2) is 0 Å². The number of carbonyl (C=O) groups is 1. The lowest BCUT2D eigenvalue weighted by Crippen LogP contribution is -2.48. The number of aromatic nitrogens is 1. The summed E-state index contributed by atoms with van der Waals surface area (Å²) in [5.41, 5.74) is 0.401. The van der Waals surface area contributed by atoms with Crippen LogP contribution in [0, 0.1) is 11.7 Å². The van der Waals surface area contributed by atoms with Gasteiger partial charge in [0.1, 0.15) is 23.0 Å². The Labute approximate surface area is 177 Å². The maximum absolute atomic E-state index is 13.3. The first-order valence-corrected chi connectivity index (χ1v) is 11.0. The van der Waals surface area contributed by atoms with E-state index >= 15 is 0 Å². The number of rotatable bonds is 5. The number of hydrogen-bond acceptors (Lipinski definition) is 4. The van der Waals surface area contributed by atoms with Crippen molar-refractivity contribution in [3.8, 4) is 11.5 Å². The molecular weight excluding hydrogens is 381 g/mol. The van der Waals surface area contributed by atoms with E-state index in [1.807, 2.05) is 4.90 Å². The molecule has 0 N–H and O–H groups in total. The Balaban J connectivity index is 1.47. The van der Waals surface area contributed by atoms with Gasteiger partial charge in [0.2, 0.25) is 0 Å². The zero-order valence-corrected chi connectivity index (χ0v) is 17.8. The van der Waals surface area contributed by atoms with Gasteiger partial charge in [-0.15, -0.1) is 0 Å². The molecule has 2 aliphatic rings. The molecule has 1 aromatic heterocycles. The smallest absolute Gasteiger partial charge is 0.272 e. The molecule has 1 amide bonds. The van der Waals surface area contributed by atoms with Crippen LogP contribution in [0.3, 0.4) is 0 Å². The van der Waals surface area contributed by atoms with Crippen molar-refractivity contribution in [2.75, 3.05) is 19.6 Å². The van der Waals surface area contributed by atoms with Crippen molar-refractivity contribution in [1.29, 1.82) is 0 Å². The fourth-order valence-corrected chi connectivity index (χ4v) is 4.74. The molecule has 2 atom stereocenters. The van der Waals surface area contributed by atoms with Gasteiger partial charge in [-0.2, -0.15) is 0 Å². The second-order valence-electron chi connectivity index (χ2n) is 8.63. The summed E-state index contributed by atoms with van der Waals surface area (Å²) >= 11 is 0. The molecule has 2 unspecified atom stereocenters. The molecule has 2 saturated heterocycles. The van der Waals surface area contributed by atoms with Crippen LogP contribution in [0.4, 0.5) is 4.39 Å². The summed E-state index contributed by atoms with van der Waals surface area (Å²) in [4.78, 5) is 22.2. The summed E-state index contributed by atoms with van der Waals surface area (Å²) in [7, 11) is 0. The van der Waals surface area contributed by atoms with E-state index < -0.39 is 0 Å². The standard InChI is InChI=1S/C24H30FN3O2/c1-17(2)27-13-3-5-18(16-27)23-6-4-14-28(23)24(29)22-15-21(11-12-26-22)30-20-9-7-19(25)8-10-20/h7-12,15,17-18,23H,3-6,13-14,16H2,1-2H3. The molecule has 160 valence electrons. The van der Waals surface area contributed by atoms with Gasteiger partial charge in [0.05, 0.1) is 0 Å². The number of ether oxygens (including phenoxy) is 1. The first kappa shape index (κ1) is 20.8. The van der Waals surface area contributed by atoms with Crippen molar-refractivity contribution in [1.82, 2.24) is 14.8 Å². The summed E-state index contributed by atoms with van der Waals surface area (Å²) in [6.45, 7) is 7.49. The number of hydrogen-bond donors (Lipinski definition) is 0. The summed E-state index contributed by atoms with van der Waals surface area (Å²) < 4.78 is 18.9. The lowest BCUT2D eigenvalue weighted by molar-refractivity contribution is 0.0554. The summed E-state index contributed by atoms with van der Waals surface area (Å²) in [5, 5.41) is 0. The summed E-state index contributed by atoms with van der Waals surface area (Å²) in [6, 6.07) is 10.0. The Hall–Kier alpha value is -2.47. The highest BCUT2D eigenvalue weighted by atomic mass is 19.1. The van der Waals surface area contributed by atoms with E-state index in [1.54, 1.807) is 30.5 Å². The average molecular weight is 412 g/mol. The molecule has 30 heavy (non-hydrogen) atoms. The molecule has 4 rings (SSSR count). The quantitative estimate of drug-likeness (QED) is 0.713. The van der Waals surface area contributed by atoms with E-state index in [4.69, 9.17) is 4.74 Å². The average Bonchev–Trinajstić information content (AvgIpc) is 3.25. The normalized spacial score (nSPS) is 22.5. The van der Waals surface area contributed by atoms with Gasteiger partial charge in [-0.25, -0.2) is 4.39 Å². The number of pyridine rings is 1. The van der Waals surface area contributed by atoms with Gasteiger partial charge in [-0.3, -0.25) is 9.78 Å². The maximum Gasteiger partial charge on any atom is 0.272 e. The van der Waals surface area contributed by atoms with Crippen molar-refractivity contribution in [3.63, 3.8) is 0 Å². The van der Waals surface area contributed by atoms with Crippen molar-refractivity contribution >= 4 is 5.91 Å². The Morgan fingerprint density at radius 3 is 2.63 bits per heavy atom. The molecule has 0 radical (unpaired) electrons. The SMILES string of the molecule is CC(C)N1CCCC(C2CCCN2C(=O)c2cc(Oc3ccc(F)cc3)ccn2)C1. The number of likely N-dealkylation sites (tertiary alicyclic amines) is 2. The van der Waals surface area contributed by atoms with Crippen molar-refractivity contribution in [2.45, 2.75) is 51.6 Å². The molecule has 0 saturated carbocycles. The number of nitrogens with zero attached hydrogens (tertiary/aromatic N) is 3. The number of halogens is 1. The van der Waals surface area contributed by atoms with Crippen molar-refractivity contribution in [3.05, 3.63) is 54.1 Å². The fourth-order valence-electron chi connectivity index (χ4n) is 4.74. The second-order valence-corrected chi connectivity index (χ2v) is 8.63. The Kier molecular flexibility index (Phi) is 6.32. The van der Waals surface area contributed by atoms with Gasteiger partial charge >= 0.3 is 0 Å². The van der Waals surface area contributed by atoms with E-state index in [-0.39, 0.29) is 17.8 Å². The Morgan fingerprint density at radius 1 is 1.10 bits per heavy atom. The van der Waals surface area contributed by atoms with Crippen LogP contribution in [0.2, 0.25) is 0 Å². The lowest BCUT2D eigenvalue weighted by Gasteiger charge is -2.40. The Bertz CT molecular complexity index is 871. The van der Waals surface area contributed by atoms with Crippen LogP contribution in [-0.2, 0) is 0 Å². The third kappa shape index (κ3) is 4.64. The van der Waals surface area contributed by atoms with Crippen LogP contribution in [0.15, 0.2) is 42.6 Å². The van der Waals surface area contributed by atoms with E-state index in [2.05, 4.69) is 23.7 Å². The molecule has 3 heterocycles. The highest BCUT2D eigenvalue weighted by Gasteiger charge is 2.37. The van der Waals surface area contributed by atoms with Gasteiger partial charge in [0, 0.05) is 37.4 Å². The highest BCUT2D eigenvalue weighted by molar-refractivity contribution is 5.93. The first-order chi connectivity index (χ1) is 14.5. The van der Waals surface area contributed by atoms with Gasteiger partial charge in [-0.05, 0) is 82.3 Å². The largest absolute Gasteiger partial charge is 0.457 e. The molecular formula is C24H30FN3O2. The molecule has 1 aromatic carbocycles. The van der Waals surface area contributed by atoms with Crippen LogP contribution in [0.25, 0.3) is 0 Å². The van der Waals surface area contributed by atoms with Crippen molar-refractivity contribution in [2.24, 2.45) is 5.92 Å². The first-order valence-electron chi connectivity index (χ1n) is 11.0. The molecule has 6 heteroatoms. The predicted molar refractivity (Wildman–Crippen MR) is 114 cm³/mol. The number of piperidine rings is 1. The Morgan fingerprint density at radius 2 is 1.87 bits per heavy atom. The molecule has 0 spiro atoms. The molecule has 2 aromatic rings. The number of amides is 1. The summed E-state index contributed by atoms with van der Waals surface area (Å²) in [5.74, 6) is 1.23. The molecule has 2 fully saturated rings. The summed E-state index contributed by atoms with van der Waals surface area (Å²) in [6.07, 6.45) is 6.08. The zero-order valence-electron chi connectivity index (χ0n) is 17.8. The molecule has 5 nitrogen and oxygen atoms in total. The minimum Gasteiger partial charge on any atom is -0.457 e. The van der Waals surface area contributed by atoms with Crippen LogP contribution >= 0.6 is 0 Å². The van der Waals surface area contributed by atoms with Crippen molar-refractivity contribution < 1.29 is 13.9 Å². The molecule has 0 aliphatic carbocycles. The second kappa shape index (κ2) is 9.13. The number of carbonyl (C=O) groups excluding carboxylic acids is 1. The van der Waals surface area contributed by atoms with Gasteiger partial charge in [0.25, 0.3) is 5.91 Å². The molecule has 2 aliphatic heterocycles. The van der Waals surface area contributed by atoms with Crippen LogP contribution in [0.5, 0.6) is 11.5 Å². The number of benzene rings is 1. The minimum absolute atomic E-state index is 0.0243. The van der Waals surface area contributed by atoms with Crippen LogP contribution in [0.1, 0.15) is 50.0 Å². The van der Waals surface area contributed by atoms with E-state index in [0.29, 0.717) is 29.2 Å². The van der Waals surface area contributed by atoms with Crippen LogP contribution in [-0.4, -0.2) is 52.4 Å². The predicted octanol–water partition coefficient (Wildman–Crippen LogP) is 4.74. The lowest BCUT2D eigenvalue weighted by atomic mass is 9.88. The third-order valence-electron chi connectivity index (χ3n) is 6.32. The monoisotopic (exact) mass is 411 g/mol.